The van der Waals surface area contributed by atoms with Crippen LogP contribution in [0.15, 0.2) is 78.0 Å². The third kappa shape index (κ3) is 6.71. The van der Waals surface area contributed by atoms with Gasteiger partial charge in [-0.3, -0.25) is 4.99 Å². The Balaban J connectivity index is 0.00000261. The highest BCUT2D eigenvalue weighted by atomic mass is 127. The zero-order valence-electron chi connectivity index (χ0n) is 15.5. The Bertz CT molecular complexity index is 815. The second-order valence-corrected chi connectivity index (χ2v) is 6.04. The summed E-state index contributed by atoms with van der Waals surface area (Å²) in [7, 11) is 1.80. The summed E-state index contributed by atoms with van der Waals surface area (Å²) in [4.78, 5) is 4.28. The quantitative estimate of drug-likeness (QED) is 0.313. The van der Waals surface area contributed by atoms with Gasteiger partial charge < -0.3 is 10.6 Å². The van der Waals surface area contributed by atoms with E-state index >= 15 is 0 Å². The molecule has 5 nitrogen and oxygen atoms in total. The van der Waals surface area contributed by atoms with E-state index in [1.54, 1.807) is 7.05 Å². The SMILES string of the molecule is CN=C(NCCc1ccccc1)NCCc1cnn(-c2ccccc2)c1.I. The molecular weight excluding hydrogens is 449 g/mol. The molecule has 0 unspecified atom stereocenters. The van der Waals surface area contributed by atoms with Gasteiger partial charge >= 0.3 is 0 Å². The lowest BCUT2D eigenvalue weighted by atomic mass is 10.1. The van der Waals surface area contributed by atoms with Crippen molar-refractivity contribution in [2.75, 3.05) is 20.1 Å². The van der Waals surface area contributed by atoms with Gasteiger partial charge in [-0.2, -0.15) is 5.10 Å². The first kappa shape index (κ1) is 21.0. The lowest BCUT2D eigenvalue weighted by Gasteiger charge is -2.11. The van der Waals surface area contributed by atoms with E-state index in [0.717, 1.165) is 37.6 Å². The molecule has 0 aliphatic heterocycles. The van der Waals surface area contributed by atoms with Gasteiger partial charge in [0.2, 0.25) is 0 Å². The van der Waals surface area contributed by atoms with E-state index in [9.17, 15) is 0 Å². The summed E-state index contributed by atoms with van der Waals surface area (Å²) in [5, 5.41) is 11.1. The molecule has 0 saturated carbocycles. The molecule has 2 N–H and O–H groups in total. The molecule has 0 atom stereocenters. The van der Waals surface area contributed by atoms with Gasteiger partial charge in [0, 0.05) is 26.3 Å². The van der Waals surface area contributed by atoms with Gasteiger partial charge in [-0.25, -0.2) is 4.68 Å². The van der Waals surface area contributed by atoms with E-state index in [2.05, 4.69) is 51.2 Å². The summed E-state index contributed by atoms with van der Waals surface area (Å²) in [5.74, 6) is 0.830. The van der Waals surface area contributed by atoms with Gasteiger partial charge in [0.15, 0.2) is 5.96 Å². The van der Waals surface area contributed by atoms with Crippen molar-refractivity contribution < 1.29 is 0 Å². The van der Waals surface area contributed by atoms with Gasteiger partial charge in [-0.1, -0.05) is 48.5 Å². The first-order valence-corrected chi connectivity index (χ1v) is 8.92. The summed E-state index contributed by atoms with van der Waals surface area (Å²) in [5.41, 5.74) is 3.59. The molecule has 0 aliphatic rings. The molecule has 1 aromatic heterocycles. The summed E-state index contributed by atoms with van der Waals surface area (Å²) in [6.45, 7) is 1.67. The van der Waals surface area contributed by atoms with Crippen LogP contribution in [-0.4, -0.2) is 35.9 Å². The lowest BCUT2D eigenvalue weighted by molar-refractivity contribution is 0.784. The molecule has 3 aromatic rings. The van der Waals surface area contributed by atoms with Crippen LogP contribution in [0, 0.1) is 0 Å². The first-order chi connectivity index (χ1) is 12.8. The van der Waals surface area contributed by atoms with Crippen LogP contribution in [0.1, 0.15) is 11.1 Å². The Morgan fingerprint density at radius 1 is 0.889 bits per heavy atom. The number of para-hydroxylation sites is 1. The average Bonchev–Trinajstić information content (AvgIpc) is 3.17. The number of aromatic nitrogens is 2. The normalized spacial score (nSPS) is 10.9. The summed E-state index contributed by atoms with van der Waals surface area (Å²) >= 11 is 0. The van der Waals surface area contributed by atoms with Crippen LogP contribution in [0.5, 0.6) is 0 Å². The first-order valence-electron chi connectivity index (χ1n) is 8.92. The smallest absolute Gasteiger partial charge is 0.190 e. The largest absolute Gasteiger partial charge is 0.356 e. The molecular formula is C21H26IN5. The van der Waals surface area contributed by atoms with Crippen molar-refractivity contribution in [3.63, 3.8) is 0 Å². The monoisotopic (exact) mass is 475 g/mol. The molecule has 3 rings (SSSR count). The minimum Gasteiger partial charge on any atom is -0.356 e. The topological polar surface area (TPSA) is 54.2 Å². The average molecular weight is 475 g/mol. The molecule has 0 radical (unpaired) electrons. The maximum absolute atomic E-state index is 4.43. The highest BCUT2D eigenvalue weighted by Crippen LogP contribution is 2.07. The number of rotatable bonds is 7. The van der Waals surface area contributed by atoms with Gasteiger partial charge in [-0.05, 0) is 36.1 Å². The van der Waals surface area contributed by atoms with Crippen molar-refractivity contribution in [1.29, 1.82) is 0 Å². The summed E-state index contributed by atoms with van der Waals surface area (Å²) in [6, 6.07) is 20.6. The van der Waals surface area contributed by atoms with Crippen LogP contribution in [0.2, 0.25) is 0 Å². The van der Waals surface area contributed by atoms with E-state index < -0.39 is 0 Å². The van der Waals surface area contributed by atoms with Crippen molar-refractivity contribution >= 4 is 29.9 Å². The molecule has 2 aromatic carbocycles. The number of guanidine groups is 1. The van der Waals surface area contributed by atoms with Crippen LogP contribution >= 0.6 is 24.0 Å². The van der Waals surface area contributed by atoms with Gasteiger partial charge in [0.05, 0.1) is 11.9 Å². The highest BCUT2D eigenvalue weighted by Gasteiger charge is 2.02. The minimum absolute atomic E-state index is 0. The van der Waals surface area contributed by atoms with Crippen molar-refractivity contribution in [1.82, 2.24) is 20.4 Å². The second-order valence-electron chi connectivity index (χ2n) is 6.04. The Kier molecular flexibility index (Phi) is 8.83. The Morgan fingerprint density at radius 3 is 2.11 bits per heavy atom. The number of hydrogen-bond donors (Lipinski definition) is 2. The van der Waals surface area contributed by atoms with E-state index in [-0.39, 0.29) is 24.0 Å². The van der Waals surface area contributed by atoms with E-state index in [1.165, 1.54) is 11.1 Å². The number of aliphatic imine (C=N–C) groups is 1. The van der Waals surface area contributed by atoms with Crippen LogP contribution in [0.25, 0.3) is 5.69 Å². The highest BCUT2D eigenvalue weighted by molar-refractivity contribution is 14.0. The van der Waals surface area contributed by atoms with Crippen LogP contribution in [-0.2, 0) is 12.8 Å². The Labute approximate surface area is 177 Å². The molecule has 0 spiro atoms. The van der Waals surface area contributed by atoms with Crippen LogP contribution in [0.4, 0.5) is 0 Å². The third-order valence-electron chi connectivity index (χ3n) is 4.14. The summed E-state index contributed by atoms with van der Waals surface area (Å²) in [6.07, 6.45) is 5.86. The second kappa shape index (κ2) is 11.4. The standard InChI is InChI=1S/C21H25N5.HI/c1-22-21(23-14-12-18-8-4-2-5-9-18)24-15-13-19-16-25-26(17-19)20-10-6-3-7-11-20;/h2-11,16-17H,12-15H2,1H3,(H2,22,23,24);1H. The van der Waals surface area contributed by atoms with Crippen molar-refractivity contribution in [3.05, 3.63) is 84.2 Å². The molecule has 1 heterocycles. The van der Waals surface area contributed by atoms with Crippen molar-refractivity contribution in [2.24, 2.45) is 4.99 Å². The number of benzene rings is 2. The maximum Gasteiger partial charge on any atom is 0.190 e. The van der Waals surface area contributed by atoms with Crippen LogP contribution < -0.4 is 10.6 Å². The number of nitrogens with zero attached hydrogens (tertiary/aromatic N) is 3. The zero-order chi connectivity index (χ0) is 18.0. The Morgan fingerprint density at radius 2 is 1.48 bits per heavy atom. The number of nitrogens with one attached hydrogen (secondary N) is 2. The predicted octanol–water partition coefficient (Wildman–Crippen LogP) is 3.44. The number of halogens is 1. The molecule has 0 aliphatic carbocycles. The number of hydrogen-bond acceptors (Lipinski definition) is 2. The van der Waals surface area contributed by atoms with E-state index in [4.69, 9.17) is 0 Å². The van der Waals surface area contributed by atoms with Crippen LogP contribution in [0.3, 0.4) is 0 Å². The zero-order valence-corrected chi connectivity index (χ0v) is 17.8. The summed E-state index contributed by atoms with van der Waals surface area (Å²) < 4.78 is 1.91. The molecule has 6 heteroatoms. The molecule has 0 amide bonds. The fourth-order valence-electron chi connectivity index (χ4n) is 2.73. The molecule has 0 saturated heterocycles. The molecule has 142 valence electrons. The van der Waals surface area contributed by atoms with E-state index in [0.29, 0.717) is 0 Å². The lowest BCUT2D eigenvalue weighted by Crippen LogP contribution is -2.39. The fourth-order valence-corrected chi connectivity index (χ4v) is 2.73. The predicted molar refractivity (Wildman–Crippen MR) is 122 cm³/mol. The van der Waals surface area contributed by atoms with Crippen molar-refractivity contribution in [3.8, 4) is 5.69 Å². The van der Waals surface area contributed by atoms with Gasteiger partial charge in [-0.15, -0.1) is 24.0 Å². The van der Waals surface area contributed by atoms with E-state index in [1.807, 2.05) is 47.3 Å². The van der Waals surface area contributed by atoms with Gasteiger partial charge in [0.1, 0.15) is 0 Å². The molecule has 0 bridgehead atoms. The third-order valence-corrected chi connectivity index (χ3v) is 4.14. The molecule has 0 fully saturated rings. The van der Waals surface area contributed by atoms with Gasteiger partial charge in [0.25, 0.3) is 0 Å². The fraction of sp³-hybridized carbons (Fsp3) is 0.238. The Hall–Kier alpha value is -2.35. The minimum atomic E-state index is 0. The maximum atomic E-state index is 4.43. The van der Waals surface area contributed by atoms with Crippen molar-refractivity contribution in [2.45, 2.75) is 12.8 Å². The molecule has 27 heavy (non-hydrogen) atoms.